The molecule has 3 aromatic carbocycles. The fourth-order valence-corrected chi connectivity index (χ4v) is 8.12. The van der Waals surface area contributed by atoms with Gasteiger partial charge in [0.15, 0.2) is 20.6 Å². The van der Waals surface area contributed by atoms with Gasteiger partial charge in [-0.05, 0) is 59.1 Å². The van der Waals surface area contributed by atoms with Crippen LogP contribution in [0.2, 0.25) is 18.1 Å². The monoisotopic (exact) mass is 746 g/mol. The van der Waals surface area contributed by atoms with E-state index in [1.165, 1.54) is 16.7 Å². The summed E-state index contributed by atoms with van der Waals surface area (Å²) < 4.78 is 53.4. The van der Waals surface area contributed by atoms with Crippen LogP contribution in [0.3, 0.4) is 0 Å². The van der Waals surface area contributed by atoms with Crippen LogP contribution in [0.25, 0.3) is 5.78 Å². The Morgan fingerprint density at radius 3 is 1.96 bits per heavy atom. The van der Waals surface area contributed by atoms with Crippen LogP contribution < -0.4 is 15.0 Å². The molecular formula is C38H45N3O9PSi+. The van der Waals surface area contributed by atoms with Crippen molar-refractivity contribution in [1.29, 1.82) is 0 Å². The lowest BCUT2D eigenvalue weighted by molar-refractivity contribution is -0.0928. The first-order valence-electron chi connectivity index (χ1n) is 17.0. The van der Waals surface area contributed by atoms with Gasteiger partial charge in [0.05, 0.1) is 20.8 Å². The van der Waals surface area contributed by atoms with Crippen molar-refractivity contribution in [1.82, 2.24) is 14.0 Å². The molecule has 5 atom stereocenters. The molecule has 1 N–H and O–H groups in total. The molecule has 6 rings (SSSR count). The maximum absolute atomic E-state index is 12.7. The summed E-state index contributed by atoms with van der Waals surface area (Å²) >= 11 is 0. The number of benzene rings is 3. The molecular weight excluding hydrogens is 701 g/mol. The average Bonchev–Trinajstić information content (AvgIpc) is 3.75. The lowest BCUT2D eigenvalue weighted by atomic mass is 9.80. The third-order valence-electron chi connectivity index (χ3n) is 10.1. The Morgan fingerprint density at radius 2 is 1.42 bits per heavy atom. The Labute approximate surface area is 304 Å². The number of nitrogens with zero attached hydrogens (tertiary/aromatic N) is 3. The van der Waals surface area contributed by atoms with Gasteiger partial charge in [0.2, 0.25) is 5.78 Å². The van der Waals surface area contributed by atoms with Gasteiger partial charge in [0.25, 0.3) is 5.56 Å². The zero-order valence-corrected chi connectivity index (χ0v) is 32.2. The highest BCUT2D eigenvalue weighted by Crippen LogP contribution is 2.46. The Kier molecular flexibility index (Phi) is 10.9. The second-order valence-electron chi connectivity index (χ2n) is 14.2. The van der Waals surface area contributed by atoms with Crippen LogP contribution in [0, 0.1) is 0 Å². The minimum absolute atomic E-state index is 0.0320. The van der Waals surface area contributed by atoms with E-state index in [1.807, 2.05) is 78.9 Å². The maximum atomic E-state index is 12.7. The molecule has 1 aliphatic heterocycles. The molecule has 1 saturated heterocycles. The number of hydrogen-bond donors (Lipinski definition) is 1. The van der Waals surface area contributed by atoms with Crippen LogP contribution in [0.4, 0.5) is 0 Å². The van der Waals surface area contributed by atoms with E-state index < -0.39 is 46.7 Å². The van der Waals surface area contributed by atoms with Crippen molar-refractivity contribution < 1.29 is 37.4 Å². The van der Waals surface area contributed by atoms with Crippen molar-refractivity contribution >= 4 is 22.3 Å². The van der Waals surface area contributed by atoms with Crippen LogP contribution in [-0.4, -0.2) is 66.3 Å². The molecule has 12 nitrogen and oxygen atoms in total. The topological polar surface area (TPSA) is 132 Å². The minimum atomic E-state index is -3.09. The highest BCUT2D eigenvalue weighted by atomic mass is 31.1. The largest absolute Gasteiger partial charge is 0.695 e. The standard InChI is InChI=1S/C38H44N3O9PSi/c1-37(2,3)52(6,7)50-33-31(48-35(34(33)49-51(43)44)41-23-21-32(42)40-24-22-39-36(40)41)25-47-38(26-11-9-8-10-12-26,27-13-17-29(45-4)18-14-27)28-15-19-30(46-5)20-16-28/h8-24,31,33-35H,25H2,1-7H3/p+1/t31-,33-,34-,35-/m1/s1. The van der Waals surface area contributed by atoms with E-state index in [-0.39, 0.29) is 23.0 Å². The molecule has 3 heterocycles. The van der Waals surface area contributed by atoms with Crippen LogP contribution in [0.1, 0.15) is 43.7 Å². The summed E-state index contributed by atoms with van der Waals surface area (Å²) in [5.41, 5.74) is 1.05. The van der Waals surface area contributed by atoms with Crippen molar-refractivity contribution in [2.24, 2.45) is 0 Å². The fourth-order valence-electron chi connectivity index (χ4n) is 6.37. The first kappa shape index (κ1) is 37.6. The summed E-state index contributed by atoms with van der Waals surface area (Å²) in [6.45, 7) is 10.5. The lowest BCUT2D eigenvalue weighted by Gasteiger charge is -2.41. The van der Waals surface area contributed by atoms with E-state index in [0.29, 0.717) is 11.5 Å². The van der Waals surface area contributed by atoms with Crippen molar-refractivity contribution in [2.75, 3.05) is 20.8 Å². The second-order valence-corrected chi connectivity index (χ2v) is 19.6. The van der Waals surface area contributed by atoms with E-state index in [4.69, 9.17) is 27.9 Å². The van der Waals surface area contributed by atoms with E-state index in [9.17, 15) is 14.3 Å². The number of aromatic nitrogens is 3. The van der Waals surface area contributed by atoms with Crippen LogP contribution in [-0.2, 0) is 28.6 Å². The Bertz CT molecular complexity index is 2000. The molecule has 1 fully saturated rings. The number of methoxy groups -OCH3 is 2. The molecule has 0 saturated carbocycles. The highest BCUT2D eigenvalue weighted by molar-refractivity contribution is 7.32. The van der Waals surface area contributed by atoms with Crippen LogP contribution in [0.15, 0.2) is 108 Å². The molecule has 52 heavy (non-hydrogen) atoms. The molecule has 0 radical (unpaired) electrons. The normalized spacial score (nSPS) is 19.9. The van der Waals surface area contributed by atoms with E-state index in [1.54, 1.807) is 31.2 Å². The zero-order valence-electron chi connectivity index (χ0n) is 30.3. The smallest absolute Gasteiger partial charge is 0.497 e. The van der Waals surface area contributed by atoms with Crippen molar-refractivity contribution in [2.45, 2.75) is 69.0 Å². The number of ether oxygens (including phenoxy) is 4. The van der Waals surface area contributed by atoms with Gasteiger partial charge >= 0.3 is 8.25 Å². The first-order chi connectivity index (χ1) is 24.8. The second kappa shape index (κ2) is 15.0. The number of hydrogen-bond acceptors (Lipinski definition) is 9. The van der Waals surface area contributed by atoms with Crippen molar-refractivity contribution in [3.8, 4) is 11.5 Å². The van der Waals surface area contributed by atoms with Gasteiger partial charge in [-0.25, -0.2) is 4.98 Å². The minimum Gasteiger partial charge on any atom is -0.497 e. The van der Waals surface area contributed by atoms with Gasteiger partial charge in [-0.3, -0.25) is 13.8 Å². The molecule has 14 heteroatoms. The third kappa shape index (κ3) is 7.22. The molecule has 2 aromatic heterocycles. The average molecular weight is 747 g/mol. The molecule has 0 amide bonds. The summed E-state index contributed by atoms with van der Waals surface area (Å²) in [6, 6.07) is 26.7. The lowest BCUT2D eigenvalue weighted by Crippen LogP contribution is -2.50. The van der Waals surface area contributed by atoms with Gasteiger partial charge in [-0.15, -0.1) is 9.42 Å². The quantitative estimate of drug-likeness (QED) is 0.0776. The fraction of sp³-hybridized carbons (Fsp3) is 0.368. The summed E-state index contributed by atoms with van der Waals surface area (Å²) in [7, 11) is -2.43. The highest BCUT2D eigenvalue weighted by Gasteiger charge is 2.55. The maximum Gasteiger partial charge on any atom is 0.695 e. The number of rotatable bonds is 13. The molecule has 0 bridgehead atoms. The number of fused-ring (bicyclic) bond motifs is 1. The van der Waals surface area contributed by atoms with Crippen molar-refractivity contribution in [3.05, 3.63) is 131 Å². The molecule has 0 spiro atoms. The van der Waals surface area contributed by atoms with Gasteiger partial charge < -0.3 is 23.4 Å². The van der Waals surface area contributed by atoms with Crippen LogP contribution >= 0.6 is 8.25 Å². The molecule has 0 aliphatic carbocycles. The zero-order chi connectivity index (χ0) is 37.3. The van der Waals surface area contributed by atoms with Crippen molar-refractivity contribution in [3.63, 3.8) is 0 Å². The SMILES string of the molecule is COc1ccc(C(OC[C@H]2O[C@@H](n3ccc(=O)n4ccnc34)[C@H](O[P+](=O)O)[C@@H]2O[Si](C)(C)C(C)(C)C)(c2ccccc2)c2ccc(OC)cc2)cc1. The van der Waals surface area contributed by atoms with E-state index in [2.05, 4.69) is 38.8 Å². The Morgan fingerprint density at radius 1 is 0.846 bits per heavy atom. The van der Waals surface area contributed by atoms with Gasteiger partial charge in [0.1, 0.15) is 29.3 Å². The summed E-state index contributed by atoms with van der Waals surface area (Å²) in [6.07, 6.45) is 0.853. The summed E-state index contributed by atoms with van der Waals surface area (Å²) in [5.74, 6) is 1.66. The van der Waals surface area contributed by atoms with E-state index >= 15 is 0 Å². The van der Waals surface area contributed by atoms with Gasteiger partial charge in [-0.1, -0.05) is 75.4 Å². The summed E-state index contributed by atoms with van der Waals surface area (Å²) in [5, 5.41) is -0.226. The third-order valence-corrected chi connectivity index (χ3v) is 15.0. The van der Waals surface area contributed by atoms with Crippen LogP contribution in [0.5, 0.6) is 11.5 Å². The first-order valence-corrected chi connectivity index (χ1v) is 21.0. The molecule has 5 aromatic rings. The Balaban J connectivity index is 1.50. The van der Waals surface area contributed by atoms with E-state index in [0.717, 1.165) is 16.7 Å². The van der Waals surface area contributed by atoms with Gasteiger partial charge in [0, 0.05) is 29.2 Å². The Hall–Kier alpha value is -4.20. The molecule has 1 aliphatic rings. The number of imidazole rings is 1. The predicted octanol–water partition coefficient (Wildman–Crippen LogP) is 6.84. The molecule has 1 unspecified atom stereocenters. The summed E-state index contributed by atoms with van der Waals surface area (Å²) in [4.78, 5) is 27.3. The predicted molar refractivity (Wildman–Crippen MR) is 198 cm³/mol. The molecule has 274 valence electrons. The van der Waals surface area contributed by atoms with Gasteiger partial charge in [-0.2, -0.15) is 0 Å².